The maximum absolute atomic E-state index is 11.9. The number of Topliss-reactive ketones (excluding diaryl/α,β-unsaturated/α-hetero) is 1. The molecule has 0 bridgehead atoms. The largest absolute Gasteiger partial charge is 0.395 e. The molecule has 2 aromatic rings. The van der Waals surface area contributed by atoms with Crippen LogP contribution in [-0.4, -0.2) is 78.0 Å². The van der Waals surface area contributed by atoms with Gasteiger partial charge in [-0.2, -0.15) is 0 Å². The lowest BCUT2D eigenvalue weighted by molar-refractivity contribution is -0.121. The number of aliphatic hydroxyl groups is 1. The summed E-state index contributed by atoms with van der Waals surface area (Å²) in [4.78, 5) is 22.2. The summed E-state index contributed by atoms with van der Waals surface area (Å²) in [6, 6.07) is 5.83. The number of aryl methyl sites for hydroxylation is 2. The fourth-order valence-electron chi connectivity index (χ4n) is 3.03. The highest BCUT2D eigenvalue weighted by Crippen LogP contribution is 2.17. The summed E-state index contributed by atoms with van der Waals surface area (Å²) in [6.07, 6.45) is 0.907. The maximum atomic E-state index is 11.9. The first-order valence-electron chi connectivity index (χ1n) is 12.5. The molecular weight excluding hydrogens is 532 g/mol. The topological polar surface area (TPSA) is 162 Å². The van der Waals surface area contributed by atoms with Crippen LogP contribution in [-0.2, 0) is 38.3 Å². The number of ether oxygens (including phenoxy) is 1. The van der Waals surface area contributed by atoms with E-state index in [2.05, 4.69) is 20.8 Å². The third-order valence-corrected chi connectivity index (χ3v) is 6.91. The van der Waals surface area contributed by atoms with Crippen LogP contribution in [0.4, 0.5) is 0 Å². The molecule has 1 heterocycles. The summed E-state index contributed by atoms with van der Waals surface area (Å²) in [5, 5.41) is 24.0. The smallest absolute Gasteiger partial charge is 0.220 e. The Balaban J connectivity index is 0.000000905. The number of tetrazole rings is 1. The summed E-state index contributed by atoms with van der Waals surface area (Å²) in [5.74, 6) is 1.19. The van der Waals surface area contributed by atoms with Crippen molar-refractivity contribution in [1.82, 2.24) is 25.5 Å². The third-order valence-electron chi connectivity index (χ3n) is 5.39. The highest BCUT2D eigenvalue weighted by Gasteiger charge is 2.16. The molecule has 0 aliphatic carbocycles. The number of carbonyl (C=O) groups is 2. The van der Waals surface area contributed by atoms with Gasteiger partial charge < -0.3 is 20.9 Å². The molecular formula is C25H41ClN6O5S. The first kappa shape index (κ1) is 33.8. The van der Waals surface area contributed by atoms with Gasteiger partial charge in [-0.05, 0) is 67.8 Å². The number of hydrogen-bond donors (Lipinski definition) is 3. The van der Waals surface area contributed by atoms with Gasteiger partial charge in [0.1, 0.15) is 5.78 Å². The minimum Gasteiger partial charge on any atom is -0.395 e. The molecule has 38 heavy (non-hydrogen) atoms. The van der Waals surface area contributed by atoms with Crippen molar-refractivity contribution in [2.75, 3.05) is 31.3 Å². The summed E-state index contributed by atoms with van der Waals surface area (Å²) in [7, 11) is -1.11. The van der Waals surface area contributed by atoms with Crippen LogP contribution >= 0.6 is 11.6 Å². The zero-order chi connectivity index (χ0) is 28.7. The number of aliphatic hydroxyl groups excluding tert-OH is 1. The normalized spacial score (nSPS) is 12.8. The summed E-state index contributed by atoms with van der Waals surface area (Å²) in [5.41, 5.74) is 6.79. The molecule has 2 atom stereocenters. The Morgan fingerprint density at radius 1 is 1.29 bits per heavy atom. The molecule has 0 saturated heterocycles. The number of halogens is 1. The highest BCUT2D eigenvalue weighted by molar-refractivity contribution is 7.85. The molecule has 1 aromatic carbocycles. The fraction of sp³-hybridized carbons (Fsp3) is 0.640. The summed E-state index contributed by atoms with van der Waals surface area (Å²) >= 11 is 6.08. The van der Waals surface area contributed by atoms with Crippen molar-refractivity contribution in [3.8, 4) is 0 Å². The van der Waals surface area contributed by atoms with Crippen LogP contribution in [0.5, 0.6) is 0 Å². The first-order chi connectivity index (χ1) is 17.8. The lowest BCUT2D eigenvalue weighted by atomic mass is 10.0. The summed E-state index contributed by atoms with van der Waals surface area (Å²) in [6.45, 7) is 10.5. The van der Waals surface area contributed by atoms with E-state index in [-0.39, 0.29) is 30.0 Å². The second-order valence-electron chi connectivity index (χ2n) is 9.62. The molecule has 0 aliphatic rings. The number of rotatable bonds is 15. The Hall–Kier alpha value is -2.25. The van der Waals surface area contributed by atoms with E-state index in [9.17, 15) is 13.8 Å². The maximum Gasteiger partial charge on any atom is 0.220 e. The Morgan fingerprint density at radius 2 is 1.97 bits per heavy atom. The number of hydrogen-bond acceptors (Lipinski definition) is 9. The van der Waals surface area contributed by atoms with Crippen LogP contribution in [0.15, 0.2) is 18.2 Å². The molecule has 1 aromatic heterocycles. The predicted molar refractivity (Wildman–Crippen MR) is 148 cm³/mol. The monoisotopic (exact) mass is 572 g/mol. The van der Waals surface area contributed by atoms with Crippen molar-refractivity contribution >= 4 is 34.1 Å². The van der Waals surface area contributed by atoms with E-state index in [1.54, 1.807) is 18.5 Å². The number of benzene rings is 1. The minimum atomic E-state index is -1.11. The van der Waals surface area contributed by atoms with Gasteiger partial charge in [0.2, 0.25) is 5.91 Å². The predicted octanol–water partition coefficient (Wildman–Crippen LogP) is 1.91. The second kappa shape index (κ2) is 17.4. The van der Waals surface area contributed by atoms with Gasteiger partial charge in [0.05, 0.1) is 25.4 Å². The Morgan fingerprint density at radius 3 is 2.58 bits per heavy atom. The van der Waals surface area contributed by atoms with E-state index in [4.69, 9.17) is 27.2 Å². The SMILES string of the molecule is CC(=O)C(C)(C)N.Cc1cc(Cl)cc(COC[C@@H](C)c2nnnn2CCCC(=O)NCCS(=O)CCO)c1. The van der Waals surface area contributed by atoms with E-state index < -0.39 is 16.3 Å². The average molecular weight is 573 g/mol. The zero-order valence-corrected chi connectivity index (χ0v) is 24.5. The van der Waals surface area contributed by atoms with E-state index in [1.807, 2.05) is 32.0 Å². The van der Waals surface area contributed by atoms with Gasteiger partial charge in [-0.3, -0.25) is 13.8 Å². The molecule has 2 rings (SSSR count). The second-order valence-corrected chi connectivity index (χ2v) is 11.7. The quantitative estimate of drug-likeness (QED) is 0.289. The summed E-state index contributed by atoms with van der Waals surface area (Å²) < 4.78 is 19.0. The third kappa shape index (κ3) is 14.1. The standard InChI is InChI=1S/C20H30ClN5O4S.C5H11NO/c1-15-10-17(12-18(21)11-15)14-30-13-16(2)20-23-24-25-26(20)6-3-4-19(28)22-5-8-31(29)9-7-27;1-4(7)5(2,3)6/h10-12,16,27H,3-9,13-14H2,1-2H3,(H,22,28);6H2,1-3H3/t16-,31?;/m1./s1. The van der Waals surface area contributed by atoms with Gasteiger partial charge in [0, 0.05) is 52.8 Å². The van der Waals surface area contributed by atoms with Gasteiger partial charge in [-0.25, -0.2) is 4.68 Å². The first-order valence-corrected chi connectivity index (χ1v) is 14.3. The van der Waals surface area contributed by atoms with E-state index in [1.165, 1.54) is 6.92 Å². The number of nitrogens with two attached hydrogens (primary N) is 1. The Labute approximate surface area is 232 Å². The molecule has 13 heteroatoms. The molecule has 11 nitrogen and oxygen atoms in total. The molecule has 1 unspecified atom stereocenters. The van der Waals surface area contributed by atoms with E-state index in [0.29, 0.717) is 55.7 Å². The zero-order valence-electron chi connectivity index (χ0n) is 22.9. The lowest BCUT2D eigenvalue weighted by Crippen LogP contribution is -2.39. The number of aromatic nitrogens is 4. The van der Waals surface area contributed by atoms with E-state index >= 15 is 0 Å². The number of nitrogens with one attached hydrogen (secondary N) is 1. The van der Waals surface area contributed by atoms with Crippen LogP contribution in [0.3, 0.4) is 0 Å². The molecule has 0 fully saturated rings. The Bertz CT molecular complexity index is 1020. The number of nitrogens with zero attached hydrogens (tertiary/aromatic N) is 4. The van der Waals surface area contributed by atoms with Crippen molar-refractivity contribution in [3.63, 3.8) is 0 Å². The Kier molecular flexibility index (Phi) is 15.4. The van der Waals surface area contributed by atoms with Crippen LogP contribution in [0.1, 0.15) is 63.4 Å². The van der Waals surface area contributed by atoms with Crippen molar-refractivity contribution in [2.45, 2.75) is 72.1 Å². The van der Waals surface area contributed by atoms with Crippen molar-refractivity contribution < 1.29 is 23.6 Å². The van der Waals surface area contributed by atoms with E-state index in [0.717, 1.165) is 11.1 Å². The van der Waals surface area contributed by atoms with Gasteiger partial charge >= 0.3 is 0 Å². The van der Waals surface area contributed by atoms with Gasteiger partial charge in [0.25, 0.3) is 0 Å². The molecule has 0 spiro atoms. The van der Waals surface area contributed by atoms with Crippen molar-refractivity contribution in [1.29, 1.82) is 0 Å². The van der Waals surface area contributed by atoms with Crippen molar-refractivity contribution in [2.24, 2.45) is 5.73 Å². The van der Waals surface area contributed by atoms with Gasteiger partial charge in [-0.15, -0.1) is 5.10 Å². The van der Waals surface area contributed by atoms with Crippen LogP contribution < -0.4 is 11.1 Å². The number of amides is 1. The average Bonchev–Trinajstić information content (AvgIpc) is 3.27. The highest BCUT2D eigenvalue weighted by atomic mass is 35.5. The van der Waals surface area contributed by atoms with Crippen LogP contribution in [0, 0.1) is 6.92 Å². The number of carbonyl (C=O) groups excluding carboxylic acids is 2. The molecule has 4 N–H and O–H groups in total. The minimum absolute atomic E-state index is 0.00869. The molecule has 214 valence electrons. The number of ketones is 1. The lowest BCUT2D eigenvalue weighted by Gasteiger charge is -2.13. The van der Waals surface area contributed by atoms with Gasteiger partial charge in [0.15, 0.2) is 5.82 Å². The van der Waals surface area contributed by atoms with Crippen LogP contribution in [0.25, 0.3) is 0 Å². The van der Waals surface area contributed by atoms with Gasteiger partial charge in [-0.1, -0.05) is 24.6 Å². The fourth-order valence-corrected chi connectivity index (χ4v) is 4.08. The van der Waals surface area contributed by atoms with Crippen molar-refractivity contribution in [3.05, 3.63) is 40.2 Å². The molecule has 1 amide bonds. The molecule has 0 saturated carbocycles. The molecule has 0 radical (unpaired) electrons. The van der Waals surface area contributed by atoms with Crippen LogP contribution in [0.2, 0.25) is 5.02 Å². The molecule has 0 aliphatic heterocycles.